The Morgan fingerprint density at radius 3 is 2.92 bits per heavy atom. The number of nitrogens with zero attached hydrogens (tertiary/aromatic N) is 1. The predicted octanol–water partition coefficient (Wildman–Crippen LogP) is 4.27. The smallest absolute Gasteiger partial charge is 0.256 e. The van der Waals surface area contributed by atoms with Crippen LogP contribution in [-0.4, -0.2) is 25.2 Å². The van der Waals surface area contributed by atoms with Crippen LogP contribution >= 0.6 is 0 Å². The minimum atomic E-state index is -0.805. The Labute approximate surface area is 150 Å². The lowest BCUT2D eigenvalue weighted by molar-refractivity contribution is -0.143. The van der Waals surface area contributed by atoms with Crippen molar-refractivity contribution in [3.05, 3.63) is 23.8 Å². The summed E-state index contributed by atoms with van der Waals surface area (Å²) in [6, 6.07) is 7.33. The molecule has 1 aliphatic rings. The van der Waals surface area contributed by atoms with Crippen molar-refractivity contribution in [2.75, 3.05) is 19.0 Å². The van der Waals surface area contributed by atoms with Crippen molar-refractivity contribution in [1.82, 2.24) is 0 Å². The highest BCUT2D eigenvalue weighted by molar-refractivity contribution is 5.98. The van der Waals surface area contributed by atoms with Gasteiger partial charge in [0.2, 0.25) is 0 Å². The zero-order chi connectivity index (χ0) is 18.3. The molecule has 0 heterocycles. The molecule has 0 spiro atoms. The van der Waals surface area contributed by atoms with E-state index in [0.29, 0.717) is 42.4 Å². The van der Waals surface area contributed by atoms with Crippen molar-refractivity contribution in [2.24, 2.45) is 5.92 Å². The monoisotopic (exact) mass is 344 g/mol. The van der Waals surface area contributed by atoms with Crippen LogP contribution in [0.5, 0.6) is 5.75 Å². The van der Waals surface area contributed by atoms with E-state index in [4.69, 9.17) is 9.47 Å². The number of ether oxygens (including phenoxy) is 2. The Kier molecular flexibility index (Phi) is 6.83. The Bertz CT molecular complexity index is 638. The largest absolute Gasteiger partial charge is 0.494 e. The van der Waals surface area contributed by atoms with Crippen molar-refractivity contribution >= 4 is 11.6 Å². The summed E-state index contributed by atoms with van der Waals surface area (Å²) in [6.07, 6.45) is 5.52. The highest BCUT2D eigenvalue weighted by Gasteiger charge is 2.42. The van der Waals surface area contributed by atoms with E-state index in [0.717, 1.165) is 25.7 Å². The molecule has 0 aliphatic heterocycles. The molecule has 136 valence electrons. The second-order valence-corrected chi connectivity index (χ2v) is 6.88. The second-order valence-electron chi connectivity index (χ2n) is 6.88. The molecule has 1 aliphatic carbocycles. The number of carbonyl (C=O) groups excluding carboxylic acids is 1. The average Bonchev–Trinajstić information content (AvgIpc) is 2.62. The number of nitriles is 1. The number of nitrogens with one attached hydrogen (secondary N) is 1. The van der Waals surface area contributed by atoms with Crippen LogP contribution in [0.25, 0.3) is 0 Å². The summed E-state index contributed by atoms with van der Waals surface area (Å²) in [5.41, 5.74) is 0.100. The fourth-order valence-corrected chi connectivity index (χ4v) is 3.37. The van der Waals surface area contributed by atoms with Gasteiger partial charge in [0.15, 0.2) is 0 Å². The average molecular weight is 344 g/mol. The third kappa shape index (κ3) is 4.73. The maximum Gasteiger partial charge on any atom is 0.256 e. The molecule has 2 rings (SSSR count). The van der Waals surface area contributed by atoms with E-state index >= 15 is 0 Å². The van der Waals surface area contributed by atoms with Crippen LogP contribution < -0.4 is 10.1 Å². The summed E-state index contributed by atoms with van der Waals surface area (Å²) >= 11 is 0. The zero-order valence-electron chi connectivity index (χ0n) is 15.4. The minimum absolute atomic E-state index is 0.169. The van der Waals surface area contributed by atoms with Gasteiger partial charge in [0.05, 0.1) is 17.9 Å². The minimum Gasteiger partial charge on any atom is -0.494 e. The van der Waals surface area contributed by atoms with Gasteiger partial charge in [0, 0.05) is 7.11 Å². The fourth-order valence-electron chi connectivity index (χ4n) is 3.37. The van der Waals surface area contributed by atoms with Crippen LogP contribution in [0.1, 0.15) is 57.9 Å². The molecule has 1 amide bonds. The molecule has 1 saturated carbocycles. The molecule has 25 heavy (non-hydrogen) atoms. The van der Waals surface area contributed by atoms with E-state index in [9.17, 15) is 10.1 Å². The summed E-state index contributed by atoms with van der Waals surface area (Å²) in [5.74, 6) is 0.928. The first-order valence-electron chi connectivity index (χ1n) is 9.08. The maximum absolute atomic E-state index is 12.9. The number of hydrogen-bond donors (Lipinski definition) is 1. The molecule has 0 radical (unpaired) electrons. The van der Waals surface area contributed by atoms with Crippen molar-refractivity contribution < 1.29 is 14.3 Å². The van der Waals surface area contributed by atoms with E-state index < -0.39 is 5.60 Å². The van der Waals surface area contributed by atoms with Gasteiger partial charge in [-0.25, -0.2) is 0 Å². The van der Waals surface area contributed by atoms with Crippen LogP contribution in [0.3, 0.4) is 0 Å². The molecular weight excluding hydrogens is 316 g/mol. The number of unbranched alkanes of at least 4 members (excludes halogenated alkanes) is 1. The van der Waals surface area contributed by atoms with Crippen molar-refractivity contribution in [3.8, 4) is 11.8 Å². The summed E-state index contributed by atoms with van der Waals surface area (Å²) < 4.78 is 11.3. The number of anilines is 1. The molecule has 5 heteroatoms. The number of amides is 1. The SMILES string of the molecule is CCCCOc1ccc(NC(=O)[C@@]2(OC)CCC[C@H](C)C2)c(C#N)c1. The first kappa shape index (κ1) is 19.3. The lowest BCUT2D eigenvalue weighted by Crippen LogP contribution is -2.48. The van der Waals surface area contributed by atoms with Crippen LogP contribution in [0.2, 0.25) is 0 Å². The maximum atomic E-state index is 12.9. The van der Waals surface area contributed by atoms with Gasteiger partial charge in [0.25, 0.3) is 5.91 Å². The molecule has 1 aromatic carbocycles. The Hall–Kier alpha value is -2.06. The Balaban J connectivity index is 2.13. The molecule has 0 aromatic heterocycles. The van der Waals surface area contributed by atoms with Gasteiger partial charge in [-0.1, -0.05) is 26.7 Å². The summed E-state index contributed by atoms with van der Waals surface area (Å²) in [5, 5.41) is 12.3. The molecule has 1 N–H and O–H groups in total. The van der Waals surface area contributed by atoms with Crippen molar-refractivity contribution in [1.29, 1.82) is 5.26 Å². The third-order valence-corrected chi connectivity index (χ3v) is 4.89. The van der Waals surface area contributed by atoms with Crippen LogP contribution in [0.4, 0.5) is 5.69 Å². The molecule has 0 bridgehead atoms. The number of rotatable bonds is 7. The van der Waals surface area contributed by atoms with Gasteiger partial charge >= 0.3 is 0 Å². The van der Waals surface area contributed by atoms with Gasteiger partial charge in [-0.2, -0.15) is 5.26 Å². The molecule has 2 atom stereocenters. The summed E-state index contributed by atoms with van der Waals surface area (Å²) in [4.78, 5) is 12.9. The van der Waals surface area contributed by atoms with E-state index in [-0.39, 0.29) is 5.91 Å². The van der Waals surface area contributed by atoms with Gasteiger partial charge in [-0.15, -0.1) is 0 Å². The number of methoxy groups -OCH3 is 1. The van der Waals surface area contributed by atoms with Crippen molar-refractivity contribution in [2.45, 2.75) is 58.0 Å². The number of benzene rings is 1. The summed E-state index contributed by atoms with van der Waals surface area (Å²) in [7, 11) is 1.59. The van der Waals surface area contributed by atoms with E-state index in [2.05, 4.69) is 25.2 Å². The molecule has 1 fully saturated rings. The molecule has 0 unspecified atom stereocenters. The highest BCUT2D eigenvalue weighted by Crippen LogP contribution is 2.36. The van der Waals surface area contributed by atoms with Crippen LogP contribution in [0.15, 0.2) is 18.2 Å². The van der Waals surface area contributed by atoms with Gasteiger partial charge in [-0.3, -0.25) is 4.79 Å². The van der Waals surface area contributed by atoms with E-state index in [1.54, 1.807) is 25.3 Å². The standard InChI is InChI=1S/C20H28N2O3/c1-4-5-11-25-17-8-9-18(16(12-17)14-21)22-19(23)20(24-3)10-6-7-15(2)13-20/h8-9,12,15H,4-7,10-11,13H2,1-3H3,(H,22,23)/t15-,20+/m0/s1. The molecule has 1 aromatic rings. The quantitative estimate of drug-likeness (QED) is 0.750. The second kappa shape index (κ2) is 8.87. The Morgan fingerprint density at radius 2 is 2.28 bits per heavy atom. The van der Waals surface area contributed by atoms with Crippen LogP contribution in [-0.2, 0) is 9.53 Å². The highest BCUT2D eigenvalue weighted by atomic mass is 16.5. The van der Waals surface area contributed by atoms with Gasteiger partial charge in [-0.05, 0) is 49.8 Å². The zero-order valence-corrected chi connectivity index (χ0v) is 15.4. The first-order valence-corrected chi connectivity index (χ1v) is 9.08. The predicted molar refractivity (Wildman–Crippen MR) is 97.6 cm³/mol. The lowest BCUT2D eigenvalue weighted by Gasteiger charge is -2.37. The van der Waals surface area contributed by atoms with Crippen molar-refractivity contribution in [3.63, 3.8) is 0 Å². The van der Waals surface area contributed by atoms with Crippen LogP contribution in [0, 0.1) is 17.2 Å². The topological polar surface area (TPSA) is 71.3 Å². The molecule has 5 nitrogen and oxygen atoms in total. The Morgan fingerprint density at radius 1 is 1.48 bits per heavy atom. The first-order chi connectivity index (χ1) is 12.0. The third-order valence-electron chi connectivity index (χ3n) is 4.89. The number of carbonyl (C=O) groups is 1. The lowest BCUT2D eigenvalue weighted by atomic mass is 9.78. The van der Waals surface area contributed by atoms with E-state index in [1.165, 1.54) is 0 Å². The van der Waals surface area contributed by atoms with E-state index in [1.807, 2.05) is 0 Å². The summed E-state index contributed by atoms with van der Waals surface area (Å²) in [6.45, 7) is 4.86. The molecule has 0 saturated heterocycles. The fraction of sp³-hybridized carbons (Fsp3) is 0.600. The van der Waals surface area contributed by atoms with Gasteiger partial charge < -0.3 is 14.8 Å². The number of hydrogen-bond acceptors (Lipinski definition) is 4. The molecular formula is C20H28N2O3. The van der Waals surface area contributed by atoms with Gasteiger partial charge in [0.1, 0.15) is 17.4 Å². The normalized spacial score (nSPS) is 22.9.